The van der Waals surface area contributed by atoms with E-state index in [1.165, 1.54) is 0 Å². The summed E-state index contributed by atoms with van der Waals surface area (Å²) in [6, 6.07) is 12.2. The van der Waals surface area contributed by atoms with Gasteiger partial charge in [-0.15, -0.1) is 0 Å². The third-order valence-electron chi connectivity index (χ3n) is 3.15. The van der Waals surface area contributed by atoms with Crippen LogP contribution < -0.4 is 10.1 Å². The van der Waals surface area contributed by atoms with Gasteiger partial charge in [-0.2, -0.15) is 0 Å². The summed E-state index contributed by atoms with van der Waals surface area (Å²) in [6.45, 7) is 1.91. The summed E-state index contributed by atoms with van der Waals surface area (Å²) in [7, 11) is 1.62. The lowest BCUT2D eigenvalue weighted by atomic mass is 10.1. The molecule has 0 aliphatic heterocycles. The molecule has 0 unspecified atom stereocenters. The average Bonchev–Trinajstić information content (AvgIpc) is 2.50. The molecule has 0 saturated heterocycles. The van der Waals surface area contributed by atoms with Crippen molar-refractivity contribution in [2.45, 2.75) is 13.0 Å². The highest BCUT2D eigenvalue weighted by Gasteiger charge is 2.12. The quantitative estimate of drug-likeness (QED) is 0.900. The molecule has 5 heteroatoms. The third kappa shape index (κ3) is 3.90. The first-order valence-electron chi connectivity index (χ1n) is 6.41. The van der Waals surface area contributed by atoms with E-state index in [4.69, 9.17) is 27.9 Å². The molecular weight excluding hydrogens is 309 g/mol. The van der Waals surface area contributed by atoms with E-state index < -0.39 is 0 Å². The van der Waals surface area contributed by atoms with Gasteiger partial charge in [-0.3, -0.25) is 4.79 Å². The van der Waals surface area contributed by atoms with E-state index in [9.17, 15) is 4.79 Å². The van der Waals surface area contributed by atoms with Crippen LogP contribution in [0.4, 0.5) is 0 Å². The average molecular weight is 324 g/mol. The highest BCUT2D eigenvalue weighted by atomic mass is 35.5. The number of methoxy groups -OCH3 is 1. The third-order valence-corrected chi connectivity index (χ3v) is 3.88. The van der Waals surface area contributed by atoms with E-state index in [0.717, 1.165) is 11.3 Å². The number of hydrogen-bond acceptors (Lipinski definition) is 2. The van der Waals surface area contributed by atoms with Crippen LogP contribution in [0.5, 0.6) is 5.75 Å². The topological polar surface area (TPSA) is 38.3 Å². The molecule has 1 N–H and O–H groups in total. The van der Waals surface area contributed by atoms with Gasteiger partial charge in [0.15, 0.2) is 0 Å². The number of rotatable bonds is 4. The van der Waals surface area contributed by atoms with Crippen LogP contribution in [0.15, 0.2) is 42.5 Å². The lowest BCUT2D eigenvalue weighted by Crippen LogP contribution is -2.26. The van der Waals surface area contributed by atoms with Crippen LogP contribution in [0.2, 0.25) is 10.0 Å². The zero-order chi connectivity index (χ0) is 15.4. The number of nitrogens with one attached hydrogen (secondary N) is 1. The van der Waals surface area contributed by atoms with Crippen LogP contribution in [-0.2, 0) is 0 Å². The van der Waals surface area contributed by atoms with Crippen molar-refractivity contribution in [3.05, 3.63) is 63.6 Å². The molecule has 1 atom stereocenters. The number of hydrogen-bond donors (Lipinski definition) is 1. The summed E-state index contributed by atoms with van der Waals surface area (Å²) in [5.74, 6) is 0.582. The predicted octanol–water partition coefficient (Wildman–Crippen LogP) is 4.49. The van der Waals surface area contributed by atoms with Crippen molar-refractivity contribution in [3.63, 3.8) is 0 Å². The summed E-state index contributed by atoms with van der Waals surface area (Å²) >= 11 is 11.8. The minimum absolute atomic E-state index is 0.127. The molecule has 0 spiro atoms. The maximum atomic E-state index is 12.2. The standard InChI is InChI=1S/C16H15Cl2NO2/c1-10(11-3-6-13(21-2)7-4-11)19-16(20)12-5-8-14(17)15(18)9-12/h3-10H,1-2H3,(H,19,20)/t10-/m1/s1. The van der Waals surface area contributed by atoms with Gasteiger partial charge in [0.1, 0.15) is 5.75 Å². The van der Waals surface area contributed by atoms with Gasteiger partial charge in [-0.1, -0.05) is 35.3 Å². The van der Waals surface area contributed by atoms with Crippen molar-refractivity contribution in [1.29, 1.82) is 0 Å². The van der Waals surface area contributed by atoms with Crippen molar-refractivity contribution in [1.82, 2.24) is 5.32 Å². The Morgan fingerprint density at radius 3 is 2.33 bits per heavy atom. The van der Waals surface area contributed by atoms with Gasteiger partial charge in [0.2, 0.25) is 0 Å². The Morgan fingerprint density at radius 1 is 1.10 bits per heavy atom. The number of halogens is 2. The fourth-order valence-corrected chi connectivity index (χ4v) is 2.19. The molecular formula is C16H15Cl2NO2. The Hall–Kier alpha value is -1.71. The number of benzene rings is 2. The van der Waals surface area contributed by atoms with Gasteiger partial charge in [0, 0.05) is 5.56 Å². The predicted molar refractivity (Wildman–Crippen MR) is 85.3 cm³/mol. The maximum Gasteiger partial charge on any atom is 0.251 e. The first-order valence-corrected chi connectivity index (χ1v) is 7.16. The Morgan fingerprint density at radius 2 is 1.76 bits per heavy atom. The van der Waals surface area contributed by atoms with Crippen LogP contribution >= 0.6 is 23.2 Å². The van der Waals surface area contributed by atoms with E-state index in [1.54, 1.807) is 25.3 Å². The Balaban J connectivity index is 2.08. The van der Waals surface area contributed by atoms with Crippen molar-refractivity contribution in [3.8, 4) is 5.75 Å². The molecule has 0 fully saturated rings. The molecule has 0 aromatic heterocycles. The summed E-state index contributed by atoms with van der Waals surface area (Å²) in [4.78, 5) is 12.2. The van der Waals surface area contributed by atoms with Gasteiger partial charge in [-0.25, -0.2) is 0 Å². The zero-order valence-corrected chi connectivity index (χ0v) is 13.2. The summed E-state index contributed by atoms with van der Waals surface area (Å²) in [6.07, 6.45) is 0. The van der Waals surface area contributed by atoms with Crippen molar-refractivity contribution < 1.29 is 9.53 Å². The molecule has 21 heavy (non-hydrogen) atoms. The van der Waals surface area contributed by atoms with E-state index in [1.807, 2.05) is 31.2 Å². The molecule has 110 valence electrons. The van der Waals surface area contributed by atoms with Gasteiger partial charge >= 0.3 is 0 Å². The van der Waals surface area contributed by atoms with Crippen LogP contribution in [0.1, 0.15) is 28.9 Å². The largest absolute Gasteiger partial charge is 0.497 e. The molecule has 2 aromatic carbocycles. The van der Waals surface area contributed by atoms with Gasteiger partial charge in [0.05, 0.1) is 23.2 Å². The lowest BCUT2D eigenvalue weighted by molar-refractivity contribution is 0.0940. The fraction of sp³-hybridized carbons (Fsp3) is 0.188. The van der Waals surface area contributed by atoms with Crippen molar-refractivity contribution >= 4 is 29.1 Å². The second-order valence-electron chi connectivity index (χ2n) is 4.60. The summed E-state index contributed by atoms with van der Waals surface area (Å²) in [5, 5.41) is 3.70. The molecule has 0 radical (unpaired) electrons. The van der Waals surface area contributed by atoms with Gasteiger partial charge in [-0.05, 0) is 42.8 Å². The second kappa shape index (κ2) is 6.83. The highest BCUT2D eigenvalue weighted by Crippen LogP contribution is 2.23. The van der Waals surface area contributed by atoms with E-state index in [2.05, 4.69) is 5.32 Å². The first-order chi connectivity index (χ1) is 10.0. The molecule has 0 aliphatic rings. The lowest BCUT2D eigenvalue weighted by Gasteiger charge is -2.15. The van der Waals surface area contributed by atoms with Gasteiger partial charge in [0.25, 0.3) is 5.91 Å². The monoisotopic (exact) mass is 323 g/mol. The van der Waals surface area contributed by atoms with Crippen molar-refractivity contribution in [2.75, 3.05) is 7.11 Å². The molecule has 2 rings (SSSR count). The molecule has 2 aromatic rings. The second-order valence-corrected chi connectivity index (χ2v) is 5.41. The number of ether oxygens (including phenoxy) is 1. The number of carbonyl (C=O) groups excluding carboxylic acids is 1. The Kier molecular flexibility index (Phi) is 5.10. The normalized spacial score (nSPS) is 11.8. The van der Waals surface area contributed by atoms with Crippen LogP contribution in [0.25, 0.3) is 0 Å². The molecule has 0 saturated carbocycles. The number of carbonyl (C=O) groups is 1. The number of amides is 1. The van der Waals surface area contributed by atoms with Crippen LogP contribution in [-0.4, -0.2) is 13.0 Å². The Labute approximate surface area is 133 Å². The minimum atomic E-state index is -0.197. The summed E-state index contributed by atoms with van der Waals surface area (Å²) < 4.78 is 5.11. The molecule has 0 bridgehead atoms. The molecule has 3 nitrogen and oxygen atoms in total. The first kappa shape index (κ1) is 15.7. The van der Waals surface area contributed by atoms with E-state index in [-0.39, 0.29) is 11.9 Å². The summed E-state index contributed by atoms with van der Waals surface area (Å²) in [5.41, 5.74) is 1.47. The minimum Gasteiger partial charge on any atom is -0.497 e. The fourth-order valence-electron chi connectivity index (χ4n) is 1.89. The molecule has 0 heterocycles. The smallest absolute Gasteiger partial charge is 0.251 e. The van der Waals surface area contributed by atoms with E-state index in [0.29, 0.717) is 15.6 Å². The maximum absolute atomic E-state index is 12.2. The van der Waals surface area contributed by atoms with Crippen LogP contribution in [0.3, 0.4) is 0 Å². The van der Waals surface area contributed by atoms with E-state index >= 15 is 0 Å². The SMILES string of the molecule is COc1ccc([C@@H](C)NC(=O)c2ccc(Cl)c(Cl)c2)cc1. The van der Waals surface area contributed by atoms with Crippen molar-refractivity contribution in [2.24, 2.45) is 0 Å². The Bertz CT molecular complexity index is 641. The molecule has 0 aliphatic carbocycles. The highest BCUT2D eigenvalue weighted by molar-refractivity contribution is 6.42. The van der Waals surface area contributed by atoms with Gasteiger partial charge < -0.3 is 10.1 Å². The zero-order valence-electron chi connectivity index (χ0n) is 11.7. The van der Waals surface area contributed by atoms with Crippen LogP contribution in [0, 0.1) is 0 Å². The molecule has 1 amide bonds.